The minimum Gasteiger partial charge on any atom is -0.491 e. The lowest BCUT2D eigenvalue weighted by atomic mass is 10.1. The number of carbonyl (C=O) groups is 1. The number of aryl methyl sites for hydroxylation is 1. The van der Waals surface area contributed by atoms with E-state index in [-0.39, 0.29) is 22.9 Å². The van der Waals surface area contributed by atoms with E-state index in [0.29, 0.717) is 11.1 Å². The van der Waals surface area contributed by atoms with Gasteiger partial charge in [0, 0.05) is 17.5 Å². The van der Waals surface area contributed by atoms with E-state index in [1.165, 1.54) is 12.1 Å². The molecular weight excluding hydrogens is 337 g/mol. The molecule has 2 aromatic carbocycles. The summed E-state index contributed by atoms with van der Waals surface area (Å²) in [5.41, 5.74) is 0.513. The lowest BCUT2D eigenvalue weighted by molar-refractivity contribution is 0.102. The highest BCUT2D eigenvalue weighted by Crippen LogP contribution is 2.25. The standard InChI is InChI=1S/C20H18FNO4/c1-11(2)25-13-5-6-14-15(10-19(23)26-18(14)9-13)20(24)22-17-8-12(3)4-7-16(17)21/h4-11H,1-3H3,(H,22,24). The van der Waals surface area contributed by atoms with E-state index in [4.69, 9.17) is 9.15 Å². The summed E-state index contributed by atoms with van der Waals surface area (Å²) >= 11 is 0. The third-order valence-electron chi connectivity index (χ3n) is 3.70. The Kier molecular flexibility index (Phi) is 4.75. The van der Waals surface area contributed by atoms with Crippen LogP contribution in [0.2, 0.25) is 0 Å². The summed E-state index contributed by atoms with van der Waals surface area (Å²) in [6.45, 7) is 5.54. The first-order valence-electron chi connectivity index (χ1n) is 8.15. The molecule has 0 spiro atoms. The van der Waals surface area contributed by atoms with Crippen molar-refractivity contribution in [3.05, 3.63) is 69.8 Å². The van der Waals surface area contributed by atoms with Crippen LogP contribution in [0.5, 0.6) is 5.75 Å². The van der Waals surface area contributed by atoms with Gasteiger partial charge in [0.1, 0.15) is 17.1 Å². The minimum absolute atomic E-state index is 0.0463. The average Bonchev–Trinajstić information content (AvgIpc) is 2.56. The van der Waals surface area contributed by atoms with E-state index in [1.54, 1.807) is 31.2 Å². The van der Waals surface area contributed by atoms with Gasteiger partial charge in [-0.15, -0.1) is 0 Å². The molecule has 1 aromatic heterocycles. The summed E-state index contributed by atoms with van der Waals surface area (Å²) in [5.74, 6) is -0.619. The maximum atomic E-state index is 13.9. The van der Waals surface area contributed by atoms with Gasteiger partial charge in [-0.05, 0) is 50.6 Å². The Hall–Kier alpha value is -3.15. The number of halogens is 1. The Morgan fingerprint density at radius 2 is 1.92 bits per heavy atom. The number of anilines is 1. The predicted octanol–water partition coefficient (Wildman–Crippen LogP) is 4.28. The van der Waals surface area contributed by atoms with Crippen LogP contribution in [0.3, 0.4) is 0 Å². The van der Waals surface area contributed by atoms with Crippen LogP contribution in [0.25, 0.3) is 11.0 Å². The largest absolute Gasteiger partial charge is 0.491 e. The average molecular weight is 355 g/mol. The first-order chi connectivity index (χ1) is 12.3. The summed E-state index contributed by atoms with van der Waals surface area (Å²) in [6.07, 6.45) is -0.0463. The van der Waals surface area contributed by atoms with Gasteiger partial charge in [0.05, 0.1) is 17.4 Å². The van der Waals surface area contributed by atoms with Crippen molar-refractivity contribution in [3.63, 3.8) is 0 Å². The molecule has 0 saturated carbocycles. The molecule has 0 aliphatic carbocycles. The second-order valence-electron chi connectivity index (χ2n) is 6.24. The smallest absolute Gasteiger partial charge is 0.337 e. The fraction of sp³-hybridized carbons (Fsp3) is 0.200. The molecule has 1 amide bonds. The van der Waals surface area contributed by atoms with Gasteiger partial charge >= 0.3 is 5.63 Å². The predicted molar refractivity (Wildman–Crippen MR) is 97.3 cm³/mol. The Balaban J connectivity index is 2.02. The zero-order valence-corrected chi connectivity index (χ0v) is 14.6. The summed E-state index contributed by atoms with van der Waals surface area (Å²) in [5, 5.41) is 2.94. The van der Waals surface area contributed by atoms with Crippen LogP contribution in [0, 0.1) is 12.7 Å². The van der Waals surface area contributed by atoms with Gasteiger partial charge < -0.3 is 14.5 Å². The molecule has 134 valence electrons. The summed E-state index contributed by atoms with van der Waals surface area (Å²) in [7, 11) is 0. The van der Waals surface area contributed by atoms with Crippen LogP contribution < -0.4 is 15.7 Å². The molecular formula is C20H18FNO4. The van der Waals surface area contributed by atoms with E-state index >= 15 is 0 Å². The molecule has 0 bridgehead atoms. The molecule has 0 atom stereocenters. The Morgan fingerprint density at radius 3 is 2.65 bits per heavy atom. The molecule has 0 saturated heterocycles. The van der Waals surface area contributed by atoms with Crippen molar-refractivity contribution >= 4 is 22.6 Å². The number of amides is 1. The number of rotatable bonds is 4. The van der Waals surface area contributed by atoms with Crippen LogP contribution in [0.15, 0.2) is 51.7 Å². The first kappa shape index (κ1) is 17.7. The van der Waals surface area contributed by atoms with Crippen molar-refractivity contribution < 1.29 is 18.3 Å². The Labute approximate surface area is 149 Å². The monoisotopic (exact) mass is 355 g/mol. The quantitative estimate of drug-likeness (QED) is 0.709. The maximum absolute atomic E-state index is 13.9. The van der Waals surface area contributed by atoms with Crippen molar-refractivity contribution in [2.24, 2.45) is 0 Å². The zero-order chi connectivity index (χ0) is 18.8. The highest BCUT2D eigenvalue weighted by atomic mass is 19.1. The van der Waals surface area contributed by atoms with Crippen LogP contribution in [0.1, 0.15) is 29.8 Å². The Morgan fingerprint density at radius 1 is 1.15 bits per heavy atom. The van der Waals surface area contributed by atoms with Gasteiger partial charge in [-0.25, -0.2) is 9.18 Å². The van der Waals surface area contributed by atoms with Crippen LogP contribution in [-0.2, 0) is 0 Å². The van der Waals surface area contributed by atoms with Crippen molar-refractivity contribution in [3.8, 4) is 5.75 Å². The molecule has 0 aliphatic heterocycles. The molecule has 1 N–H and O–H groups in total. The van der Waals surface area contributed by atoms with Crippen molar-refractivity contribution in [1.82, 2.24) is 0 Å². The summed E-state index contributed by atoms with van der Waals surface area (Å²) in [4.78, 5) is 24.5. The lowest BCUT2D eigenvalue weighted by Gasteiger charge is -2.11. The van der Waals surface area contributed by atoms with E-state index in [1.807, 2.05) is 13.8 Å². The zero-order valence-electron chi connectivity index (χ0n) is 14.6. The van der Waals surface area contributed by atoms with Gasteiger partial charge in [0.25, 0.3) is 5.91 Å². The molecule has 0 aliphatic rings. The van der Waals surface area contributed by atoms with E-state index in [9.17, 15) is 14.0 Å². The van der Waals surface area contributed by atoms with Gasteiger partial charge in [-0.1, -0.05) is 6.07 Å². The normalized spacial score (nSPS) is 11.0. The molecule has 0 fully saturated rings. The second kappa shape index (κ2) is 7.00. The minimum atomic E-state index is -0.672. The maximum Gasteiger partial charge on any atom is 0.337 e. The van der Waals surface area contributed by atoms with Crippen molar-refractivity contribution in [1.29, 1.82) is 0 Å². The van der Waals surface area contributed by atoms with Gasteiger partial charge in [-0.2, -0.15) is 0 Å². The fourth-order valence-corrected chi connectivity index (χ4v) is 2.60. The third-order valence-corrected chi connectivity index (χ3v) is 3.70. The van der Waals surface area contributed by atoms with E-state index in [0.717, 1.165) is 11.6 Å². The fourth-order valence-electron chi connectivity index (χ4n) is 2.60. The Bertz CT molecular complexity index is 1040. The third kappa shape index (κ3) is 3.74. The highest BCUT2D eigenvalue weighted by molar-refractivity contribution is 6.12. The molecule has 3 aromatic rings. The summed E-state index contributed by atoms with van der Waals surface area (Å²) in [6, 6.07) is 10.4. The molecule has 1 heterocycles. The molecule has 5 nitrogen and oxygen atoms in total. The molecule has 3 rings (SSSR count). The van der Waals surface area contributed by atoms with Crippen LogP contribution >= 0.6 is 0 Å². The number of hydrogen-bond donors (Lipinski definition) is 1. The van der Waals surface area contributed by atoms with E-state index < -0.39 is 17.3 Å². The molecule has 0 unspecified atom stereocenters. The van der Waals surface area contributed by atoms with Crippen molar-refractivity contribution in [2.45, 2.75) is 26.9 Å². The number of nitrogens with one attached hydrogen (secondary N) is 1. The lowest BCUT2D eigenvalue weighted by Crippen LogP contribution is -2.16. The number of fused-ring (bicyclic) bond motifs is 1. The second-order valence-corrected chi connectivity index (χ2v) is 6.24. The highest BCUT2D eigenvalue weighted by Gasteiger charge is 2.16. The van der Waals surface area contributed by atoms with E-state index in [2.05, 4.69) is 5.32 Å². The first-order valence-corrected chi connectivity index (χ1v) is 8.15. The SMILES string of the molecule is Cc1ccc(F)c(NC(=O)c2cc(=O)oc3cc(OC(C)C)ccc23)c1. The molecule has 0 radical (unpaired) electrons. The van der Waals surface area contributed by atoms with Gasteiger partial charge in [-0.3, -0.25) is 4.79 Å². The van der Waals surface area contributed by atoms with Gasteiger partial charge in [0.2, 0.25) is 0 Å². The topological polar surface area (TPSA) is 68.5 Å². The number of benzene rings is 2. The molecule has 26 heavy (non-hydrogen) atoms. The van der Waals surface area contributed by atoms with Crippen LogP contribution in [0.4, 0.5) is 10.1 Å². The van der Waals surface area contributed by atoms with Crippen LogP contribution in [-0.4, -0.2) is 12.0 Å². The summed E-state index contributed by atoms with van der Waals surface area (Å²) < 4.78 is 24.7. The number of carbonyl (C=O) groups excluding carboxylic acids is 1. The van der Waals surface area contributed by atoms with Gasteiger partial charge in [0.15, 0.2) is 0 Å². The number of hydrogen-bond acceptors (Lipinski definition) is 4. The molecule has 6 heteroatoms. The number of ether oxygens (including phenoxy) is 1. The van der Waals surface area contributed by atoms with Crippen molar-refractivity contribution in [2.75, 3.05) is 5.32 Å².